The molecular weight excluding hydrogens is 410 g/mol. The average molecular weight is 427 g/mol. The number of hydrogen-bond donors (Lipinski definition) is 1. The van der Waals surface area contributed by atoms with Crippen molar-refractivity contribution in [3.63, 3.8) is 0 Å². The van der Waals surface area contributed by atoms with Crippen LogP contribution >= 0.6 is 43.6 Å². The van der Waals surface area contributed by atoms with E-state index in [0.717, 1.165) is 8.95 Å². The fourth-order valence-corrected chi connectivity index (χ4v) is 5.28. The molecule has 1 N–H and O–H groups in total. The summed E-state index contributed by atoms with van der Waals surface area (Å²) in [6, 6.07) is 15.9. The molecule has 0 spiro atoms. The van der Waals surface area contributed by atoms with Crippen LogP contribution in [-0.4, -0.2) is 5.75 Å². The molecule has 0 bridgehead atoms. The Morgan fingerprint density at radius 1 is 1.19 bits per heavy atom. The summed E-state index contributed by atoms with van der Waals surface area (Å²) in [4.78, 5) is 1.42. The first kappa shape index (κ1) is 15.6. The monoisotopic (exact) mass is 425 g/mol. The van der Waals surface area contributed by atoms with Crippen LogP contribution in [0.25, 0.3) is 0 Å². The molecule has 2 atom stereocenters. The third-order valence-corrected chi connectivity index (χ3v) is 6.14. The highest BCUT2D eigenvalue weighted by Crippen LogP contribution is 2.37. The summed E-state index contributed by atoms with van der Waals surface area (Å²) in [5.41, 5.74) is 2.74. The molecule has 0 radical (unpaired) electrons. The second-order valence-electron chi connectivity index (χ2n) is 5.28. The van der Waals surface area contributed by atoms with E-state index in [4.69, 9.17) is 0 Å². The number of fused-ring (bicyclic) bond motifs is 1. The van der Waals surface area contributed by atoms with E-state index in [-0.39, 0.29) is 0 Å². The number of halogens is 2. The van der Waals surface area contributed by atoms with Crippen LogP contribution in [0.2, 0.25) is 0 Å². The first-order chi connectivity index (χ1) is 10.1. The summed E-state index contributed by atoms with van der Waals surface area (Å²) in [7, 11) is 0. The molecule has 4 heteroatoms. The first-order valence-corrected chi connectivity index (χ1v) is 9.65. The van der Waals surface area contributed by atoms with Crippen molar-refractivity contribution in [1.82, 2.24) is 5.32 Å². The standard InChI is InChI=1S/C17H17Br2NS/c1-11(13-7-6-12(18)10-15(13)19)20-16-8-9-21-17-5-3-2-4-14(16)17/h2-7,10-11,16,20H,8-9H2,1H3. The number of hydrogen-bond acceptors (Lipinski definition) is 2. The lowest BCUT2D eigenvalue weighted by Crippen LogP contribution is -2.27. The van der Waals surface area contributed by atoms with Crippen LogP contribution in [0.1, 0.15) is 36.6 Å². The van der Waals surface area contributed by atoms with Gasteiger partial charge in [0.2, 0.25) is 0 Å². The van der Waals surface area contributed by atoms with Gasteiger partial charge in [0.15, 0.2) is 0 Å². The second-order valence-corrected chi connectivity index (χ2v) is 8.19. The average Bonchev–Trinajstić information content (AvgIpc) is 2.47. The molecule has 1 heterocycles. The van der Waals surface area contributed by atoms with E-state index in [2.05, 4.69) is 86.6 Å². The predicted molar refractivity (Wildman–Crippen MR) is 97.9 cm³/mol. The van der Waals surface area contributed by atoms with Gasteiger partial charge in [-0.1, -0.05) is 56.1 Å². The highest BCUT2D eigenvalue weighted by Gasteiger charge is 2.22. The van der Waals surface area contributed by atoms with Crippen molar-refractivity contribution in [1.29, 1.82) is 0 Å². The number of rotatable bonds is 3. The lowest BCUT2D eigenvalue weighted by atomic mass is 10.0. The summed E-state index contributed by atoms with van der Waals surface area (Å²) >= 11 is 9.15. The lowest BCUT2D eigenvalue weighted by Gasteiger charge is -2.29. The van der Waals surface area contributed by atoms with Gasteiger partial charge in [-0.25, -0.2) is 0 Å². The molecule has 0 amide bonds. The third kappa shape index (κ3) is 3.55. The van der Waals surface area contributed by atoms with E-state index < -0.39 is 0 Å². The number of benzene rings is 2. The van der Waals surface area contributed by atoms with Crippen LogP contribution in [0.5, 0.6) is 0 Å². The molecule has 2 unspecified atom stereocenters. The molecule has 2 aromatic rings. The van der Waals surface area contributed by atoms with Crippen molar-refractivity contribution >= 4 is 43.6 Å². The summed E-state index contributed by atoms with van der Waals surface area (Å²) in [5.74, 6) is 1.18. The lowest BCUT2D eigenvalue weighted by molar-refractivity contribution is 0.449. The van der Waals surface area contributed by atoms with Crippen LogP contribution in [0.4, 0.5) is 0 Å². The molecule has 1 aliphatic heterocycles. The Labute approximate surface area is 147 Å². The van der Waals surface area contributed by atoms with Crippen LogP contribution < -0.4 is 5.32 Å². The van der Waals surface area contributed by atoms with Gasteiger partial charge in [-0.05, 0) is 48.4 Å². The van der Waals surface area contributed by atoms with Gasteiger partial charge in [-0.3, -0.25) is 0 Å². The zero-order valence-corrected chi connectivity index (χ0v) is 15.8. The van der Waals surface area contributed by atoms with Gasteiger partial charge in [0.25, 0.3) is 0 Å². The molecule has 1 nitrogen and oxygen atoms in total. The summed E-state index contributed by atoms with van der Waals surface area (Å²) in [6.45, 7) is 2.23. The van der Waals surface area contributed by atoms with Gasteiger partial charge < -0.3 is 5.32 Å². The molecule has 0 aromatic heterocycles. The Kier molecular flexibility index (Phi) is 5.10. The van der Waals surface area contributed by atoms with Crippen LogP contribution in [0.3, 0.4) is 0 Å². The van der Waals surface area contributed by atoms with Gasteiger partial charge in [-0.2, -0.15) is 0 Å². The molecule has 3 rings (SSSR count). The fraction of sp³-hybridized carbons (Fsp3) is 0.294. The zero-order chi connectivity index (χ0) is 14.8. The van der Waals surface area contributed by atoms with E-state index in [1.807, 2.05) is 11.8 Å². The minimum Gasteiger partial charge on any atom is -0.303 e. The SMILES string of the molecule is CC(NC1CCSc2ccccc21)c1ccc(Br)cc1Br. The topological polar surface area (TPSA) is 12.0 Å². The molecule has 0 saturated carbocycles. The number of thioether (sulfide) groups is 1. The van der Waals surface area contributed by atoms with Gasteiger partial charge in [0.05, 0.1) is 0 Å². The normalized spacial score (nSPS) is 19.1. The smallest absolute Gasteiger partial charge is 0.0344 e. The van der Waals surface area contributed by atoms with Crippen molar-refractivity contribution in [2.75, 3.05) is 5.75 Å². The third-order valence-electron chi connectivity index (χ3n) is 3.84. The van der Waals surface area contributed by atoms with Gasteiger partial charge in [0, 0.05) is 25.9 Å². The van der Waals surface area contributed by atoms with Crippen molar-refractivity contribution in [2.45, 2.75) is 30.3 Å². The molecule has 0 aliphatic carbocycles. The van der Waals surface area contributed by atoms with Gasteiger partial charge in [0.1, 0.15) is 0 Å². The maximum atomic E-state index is 3.79. The Hall–Kier alpha value is -0.290. The van der Waals surface area contributed by atoms with E-state index in [0.29, 0.717) is 12.1 Å². The summed E-state index contributed by atoms with van der Waals surface area (Å²) in [5, 5.41) is 3.79. The molecule has 0 saturated heterocycles. The second kappa shape index (κ2) is 6.86. The molecule has 1 aliphatic rings. The van der Waals surface area contributed by atoms with Crippen LogP contribution in [0.15, 0.2) is 56.3 Å². The van der Waals surface area contributed by atoms with E-state index in [9.17, 15) is 0 Å². The summed E-state index contributed by atoms with van der Waals surface area (Å²) in [6.07, 6.45) is 1.18. The highest BCUT2D eigenvalue weighted by molar-refractivity contribution is 9.11. The Balaban J connectivity index is 1.81. The zero-order valence-electron chi connectivity index (χ0n) is 11.8. The maximum absolute atomic E-state index is 3.79. The quantitative estimate of drug-likeness (QED) is 0.636. The van der Waals surface area contributed by atoms with Crippen molar-refractivity contribution < 1.29 is 0 Å². The van der Waals surface area contributed by atoms with Crippen LogP contribution in [0, 0.1) is 0 Å². The molecular formula is C17H17Br2NS. The van der Waals surface area contributed by atoms with Crippen LogP contribution in [-0.2, 0) is 0 Å². The number of nitrogens with one attached hydrogen (secondary N) is 1. The van der Waals surface area contributed by atoms with Crippen molar-refractivity contribution in [3.8, 4) is 0 Å². The van der Waals surface area contributed by atoms with Gasteiger partial charge >= 0.3 is 0 Å². The Morgan fingerprint density at radius 3 is 2.81 bits per heavy atom. The van der Waals surface area contributed by atoms with Gasteiger partial charge in [-0.15, -0.1) is 11.8 Å². The minimum atomic E-state index is 0.314. The minimum absolute atomic E-state index is 0.314. The predicted octanol–water partition coefficient (Wildman–Crippen LogP) is 6.10. The molecule has 2 aromatic carbocycles. The van der Waals surface area contributed by atoms with E-state index in [1.165, 1.54) is 28.2 Å². The Morgan fingerprint density at radius 2 is 2.00 bits per heavy atom. The summed E-state index contributed by atoms with van der Waals surface area (Å²) < 4.78 is 2.25. The van der Waals surface area contributed by atoms with Crippen molar-refractivity contribution in [3.05, 3.63) is 62.5 Å². The fourth-order valence-electron chi connectivity index (χ4n) is 2.76. The molecule has 0 fully saturated rings. The van der Waals surface area contributed by atoms with E-state index >= 15 is 0 Å². The van der Waals surface area contributed by atoms with Crippen molar-refractivity contribution in [2.24, 2.45) is 0 Å². The first-order valence-electron chi connectivity index (χ1n) is 7.08. The maximum Gasteiger partial charge on any atom is 0.0344 e. The molecule has 21 heavy (non-hydrogen) atoms. The van der Waals surface area contributed by atoms with E-state index in [1.54, 1.807) is 0 Å². The Bertz CT molecular complexity index is 644. The molecule has 110 valence electrons. The largest absolute Gasteiger partial charge is 0.303 e. The highest BCUT2D eigenvalue weighted by atomic mass is 79.9.